The summed E-state index contributed by atoms with van der Waals surface area (Å²) < 4.78 is 5.85. The van der Waals surface area contributed by atoms with Crippen molar-refractivity contribution in [1.82, 2.24) is 10.6 Å². The van der Waals surface area contributed by atoms with Crippen LogP contribution in [0.4, 0.5) is 0 Å². The SMILES string of the molecule is C=CCCC(Cc1ccccc1)C(=O)OCC(CSCc1ccccc1)NC(=O)C(CC=C)CC(=O)NC1(CO)CCCC1. The van der Waals surface area contributed by atoms with Crippen molar-refractivity contribution in [2.24, 2.45) is 11.8 Å². The highest BCUT2D eigenvalue weighted by Crippen LogP contribution is 2.29. The fourth-order valence-corrected chi connectivity index (χ4v) is 6.60. The Hall–Kier alpha value is -3.36. The molecule has 0 aliphatic heterocycles. The van der Waals surface area contributed by atoms with E-state index in [0.717, 1.165) is 42.6 Å². The molecule has 0 bridgehead atoms. The molecule has 8 heteroatoms. The molecule has 1 aliphatic rings. The fourth-order valence-electron chi connectivity index (χ4n) is 5.59. The quantitative estimate of drug-likeness (QED) is 0.128. The zero-order valence-electron chi connectivity index (χ0n) is 25.8. The highest BCUT2D eigenvalue weighted by Gasteiger charge is 2.35. The largest absolute Gasteiger partial charge is 0.463 e. The Morgan fingerprint density at radius 2 is 1.61 bits per heavy atom. The van der Waals surface area contributed by atoms with Gasteiger partial charge in [0.1, 0.15) is 6.61 Å². The van der Waals surface area contributed by atoms with Crippen LogP contribution in [0, 0.1) is 11.8 Å². The fraction of sp³-hybridized carbons (Fsp3) is 0.472. The van der Waals surface area contributed by atoms with E-state index in [2.05, 4.69) is 35.9 Å². The molecule has 1 saturated carbocycles. The van der Waals surface area contributed by atoms with Crippen LogP contribution >= 0.6 is 11.8 Å². The first-order valence-corrected chi connectivity index (χ1v) is 16.8. The van der Waals surface area contributed by atoms with Crippen molar-refractivity contribution in [3.63, 3.8) is 0 Å². The van der Waals surface area contributed by atoms with Crippen LogP contribution in [0.3, 0.4) is 0 Å². The standard InChI is InChI=1S/C36H48N2O5S/c1-3-5-19-31(22-28-15-8-6-9-16-28)35(42)43-24-32(26-44-25-29-17-10-7-11-18-29)37-34(41)30(14-4-2)23-33(40)38-36(27-39)20-12-13-21-36/h3-4,6-11,15-18,30-32,39H,1-2,5,12-14,19-27H2,(H,37,41)(H,38,40). The molecule has 2 amide bonds. The van der Waals surface area contributed by atoms with Crippen LogP contribution in [0.1, 0.15) is 62.5 Å². The molecule has 0 heterocycles. The minimum absolute atomic E-state index is 0.00995. The van der Waals surface area contributed by atoms with Crippen LogP contribution in [0.15, 0.2) is 86.0 Å². The third-order valence-corrected chi connectivity index (χ3v) is 9.28. The third kappa shape index (κ3) is 12.0. The Bertz CT molecular complexity index is 1180. The minimum Gasteiger partial charge on any atom is -0.463 e. The molecular weight excluding hydrogens is 572 g/mol. The van der Waals surface area contributed by atoms with E-state index in [-0.39, 0.29) is 43.3 Å². The van der Waals surface area contributed by atoms with Gasteiger partial charge in [-0.05, 0) is 49.7 Å². The number of aliphatic hydroxyl groups is 1. The molecule has 1 fully saturated rings. The van der Waals surface area contributed by atoms with E-state index >= 15 is 0 Å². The molecule has 44 heavy (non-hydrogen) atoms. The van der Waals surface area contributed by atoms with Crippen molar-refractivity contribution >= 4 is 29.5 Å². The number of hydrogen-bond acceptors (Lipinski definition) is 6. The lowest BCUT2D eigenvalue weighted by molar-refractivity contribution is -0.150. The maximum atomic E-state index is 13.5. The van der Waals surface area contributed by atoms with Crippen molar-refractivity contribution in [2.75, 3.05) is 19.0 Å². The Labute approximate surface area is 266 Å². The molecule has 2 aromatic carbocycles. The molecule has 3 rings (SSSR count). The summed E-state index contributed by atoms with van der Waals surface area (Å²) in [6.45, 7) is 7.52. The normalized spacial score (nSPS) is 15.8. The van der Waals surface area contributed by atoms with E-state index in [1.54, 1.807) is 23.9 Å². The van der Waals surface area contributed by atoms with Gasteiger partial charge in [0.15, 0.2) is 0 Å². The van der Waals surface area contributed by atoms with Gasteiger partial charge in [-0.15, -0.1) is 13.2 Å². The van der Waals surface area contributed by atoms with Gasteiger partial charge in [0, 0.05) is 17.9 Å². The van der Waals surface area contributed by atoms with Crippen molar-refractivity contribution in [1.29, 1.82) is 0 Å². The number of aliphatic hydroxyl groups excluding tert-OH is 1. The predicted octanol–water partition coefficient (Wildman–Crippen LogP) is 5.78. The number of nitrogens with one attached hydrogen (secondary N) is 2. The maximum absolute atomic E-state index is 13.5. The molecule has 0 radical (unpaired) electrons. The van der Waals surface area contributed by atoms with E-state index < -0.39 is 17.5 Å². The van der Waals surface area contributed by atoms with Gasteiger partial charge in [-0.1, -0.05) is 85.7 Å². The maximum Gasteiger partial charge on any atom is 0.309 e. The second-order valence-electron chi connectivity index (χ2n) is 11.7. The van der Waals surface area contributed by atoms with Crippen LogP contribution in [-0.2, 0) is 31.3 Å². The summed E-state index contributed by atoms with van der Waals surface area (Å²) in [5.41, 5.74) is 1.63. The highest BCUT2D eigenvalue weighted by molar-refractivity contribution is 7.98. The van der Waals surface area contributed by atoms with Crippen LogP contribution in [0.5, 0.6) is 0 Å². The molecule has 7 nitrogen and oxygen atoms in total. The number of allylic oxidation sites excluding steroid dienone is 2. The summed E-state index contributed by atoms with van der Waals surface area (Å²) in [4.78, 5) is 39.8. The Balaban J connectivity index is 1.65. The molecule has 2 aromatic rings. The van der Waals surface area contributed by atoms with Gasteiger partial charge >= 0.3 is 5.97 Å². The number of hydrogen-bond donors (Lipinski definition) is 3. The topological polar surface area (TPSA) is 105 Å². The molecular formula is C36H48N2O5S. The molecule has 0 spiro atoms. The number of carbonyl (C=O) groups excluding carboxylic acids is 3. The number of esters is 1. The van der Waals surface area contributed by atoms with Gasteiger partial charge in [0.05, 0.1) is 30.0 Å². The third-order valence-electron chi connectivity index (χ3n) is 8.10. The summed E-state index contributed by atoms with van der Waals surface area (Å²) in [7, 11) is 0. The van der Waals surface area contributed by atoms with Gasteiger partial charge in [-0.25, -0.2) is 0 Å². The summed E-state index contributed by atoms with van der Waals surface area (Å²) in [5, 5.41) is 16.0. The summed E-state index contributed by atoms with van der Waals surface area (Å²) >= 11 is 1.65. The number of ether oxygens (including phenoxy) is 1. The molecule has 0 aromatic heterocycles. The highest BCUT2D eigenvalue weighted by atomic mass is 32.2. The van der Waals surface area contributed by atoms with Crippen LogP contribution < -0.4 is 10.6 Å². The second kappa shape index (κ2) is 19.1. The Morgan fingerprint density at radius 3 is 2.23 bits per heavy atom. The zero-order valence-corrected chi connectivity index (χ0v) is 26.6. The first-order valence-electron chi connectivity index (χ1n) is 15.6. The number of benzene rings is 2. The van der Waals surface area contributed by atoms with E-state index in [1.807, 2.05) is 48.5 Å². The van der Waals surface area contributed by atoms with E-state index in [0.29, 0.717) is 31.4 Å². The average Bonchev–Trinajstić information content (AvgIpc) is 3.51. The smallest absolute Gasteiger partial charge is 0.309 e. The Kier molecular flexibility index (Phi) is 15.3. The molecule has 1 aliphatic carbocycles. The van der Waals surface area contributed by atoms with E-state index in [1.165, 1.54) is 0 Å². The van der Waals surface area contributed by atoms with Gasteiger partial charge in [0.25, 0.3) is 0 Å². The van der Waals surface area contributed by atoms with Crippen molar-refractivity contribution < 1.29 is 24.2 Å². The van der Waals surface area contributed by atoms with Gasteiger partial charge in [-0.3, -0.25) is 14.4 Å². The monoisotopic (exact) mass is 620 g/mol. The van der Waals surface area contributed by atoms with Crippen molar-refractivity contribution in [3.05, 3.63) is 97.1 Å². The van der Waals surface area contributed by atoms with Gasteiger partial charge in [-0.2, -0.15) is 11.8 Å². The molecule has 3 N–H and O–H groups in total. The lowest BCUT2D eigenvalue weighted by Crippen LogP contribution is -2.50. The summed E-state index contributed by atoms with van der Waals surface area (Å²) in [6, 6.07) is 19.5. The Morgan fingerprint density at radius 1 is 0.955 bits per heavy atom. The minimum atomic E-state index is -0.625. The predicted molar refractivity (Wildman–Crippen MR) is 178 cm³/mol. The lowest BCUT2D eigenvalue weighted by Gasteiger charge is -2.29. The van der Waals surface area contributed by atoms with E-state index in [4.69, 9.17) is 4.74 Å². The number of thioether (sulfide) groups is 1. The molecule has 3 atom stereocenters. The average molecular weight is 621 g/mol. The first kappa shape index (κ1) is 35.1. The van der Waals surface area contributed by atoms with E-state index in [9.17, 15) is 19.5 Å². The first-order chi connectivity index (χ1) is 21.4. The van der Waals surface area contributed by atoms with Crippen LogP contribution in [0.2, 0.25) is 0 Å². The van der Waals surface area contributed by atoms with Gasteiger partial charge in [0.2, 0.25) is 11.8 Å². The second-order valence-corrected chi connectivity index (χ2v) is 12.7. The number of rotatable bonds is 20. The molecule has 3 unspecified atom stereocenters. The van der Waals surface area contributed by atoms with Crippen molar-refractivity contribution in [3.8, 4) is 0 Å². The van der Waals surface area contributed by atoms with Crippen molar-refractivity contribution in [2.45, 2.75) is 75.1 Å². The molecule has 238 valence electrons. The molecule has 0 saturated heterocycles. The van der Waals surface area contributed by atoms with Crippen LogP contribution in [-0.4, -0.2) is 53.4 Å². The van der Waals surface area contributed by atoms with Gasteiger partial charge < -0.3 is 20.5 Å². The van der Waals surface area contributed by atoms with Crippen LogP contribution in [0.25, 0.3) is 0 Å². The summed E-state index contributed by atoms with van der Waals surface area (Å²) in [5.74, 6) is -0.496. The zero-order chi connectivity index (χ0) is 31.6. The summed E-state index contributed by atoms with van der Waals surface area (Å²) in [6.07, 6.45) is 9.04. The number of amides is 2. The number of carbonyl (C=O) groups is 3. The lowest BCUT2D eigenvalue weighted by atomic mass is 9.95.